The quantitative estimate of drug-likeness (QED) is 0.502. The maximum Gasteiger partial charge on any atom is 0.230 e. The van der Waals surface area contributed by atoms with Gasteiger partial charge in [-0.15, -0.1) is 11.3 Å². The molecular weight excluding hydrogens is 406 g/mol. The van der Waals surface area contributed by atoms with E-state index in [4.69, 9.17) is 21.3 Å². The predicted octanol–water partition coefficient (Wildman–Crippen LogP) is 5.43. The van der Waals surface area contributed by atoms with Gasteiger partial charge in [0.1, 0.15) is 5.75 Å². The van der Waals surface area contributed by atoms with Crippen molar-refractivity contribution in [1.82, 2.24) is 9.88 Å². The highest BCUT2D eigenvalue weighted by Gasteiger charge is 2.18. The normalized spacial score (nSPS) is 11.0. The lowest BCUT2D eigenvalue weighted by Gasteiger charge is -2.19. The number of anilines is 2. The lowest BCUT2D eigenvalue weighted by molar-refractivity contribution is -0.115. The van der Waals surface area contributed by atoms with Crippen molar-refractivity contribution in [2.45, 2.75) is 26.9 Å². The molecule has 0 N–H and O–H groups in total. The van der Waals surface area contributed by atoms with Crippen LogP contribution >= 0.6 is 22.9 Å². The van der Waals surface area contributed by atoms with Gasteiger partial charge in [-0.25, -0.2) is 4.98 Å². The van der Waals surface area contributed by atoms with Gasteiger partial charge in [-0.3, -0.25) is 14.6 Å². The lowest BCUT2D eigenvalue weighted by atomic mass is 10.2. The van der Waals surface area contributed by atoms with Gasteiger partial charge in [0.2, 0.25) is 5.91 Å². The standard InChI is InChI=1S/C22H24ClN3O2S/c1-15-5-8-20(9-6-15)26(16(2)27)22-24-19(14-29-22)13-25(3)12-17-11-18(23)7-10-21(17)28-4/h5-11,14H,12-13H2,1-4H3. The van der Waals surface area contributed by atoms with E-state index in [1.165, 1.54) is 11.3 Å². The molecule has 29 heavy (non-hydrogen) atoms. The Kier molecular flexibility index (Phi) is 6.90. The lowest BCUT2D eigenvalue weighted by Crippen LogP contribution is -2.23. The van der Waals surface area contributed by atoms with Crippen LogP contribution < -0.4 is 9.64 Å². The van der Waals surface area contributed by atoms with Gasteiger partial charge in [-0.2, -0.15) is 0 Å². The van der Waals surface area contributed by atoms with Gasteiger partial charge < -0.3 is 4.74 Å². The van der Waals surface area contributed by atoms with Crippen LogP contribution in [0.15, 0.2) is 47.8 Å². The van der Waals surface area contributed by atoms with Crippen LogP contribution in [0.1, 0.15) is 23.7 Å². The Bertz CT molecular complexity index is 988. The third-order valence-corrected chi connectivity index (χ3v) is 5.56. The number of carbonyl (C=O) groups excluding carboxylic acids is 1. The van der Waals surface area contributed by atoms with Crippen LogP contribution in [0.2, 0.25) is 5.02 Å². The number of hydrogen-bond acceptors (Lipinski definition) is 5. The summed E-state index contributed by atoms with van der Waals surface area (Å²) < 4.78 is 5.43. The highest BCUT2D eigenvalue weighted by atomic mass is 35.5. The first-order valence-corrected chi connectivity index (χ1v) is 10.5. The minimum absolute atomic E-state index is 0.0632. The molecule has 7 heteroatoms. The van der Waals surface area contributed by atoms with Crippen LogP contribution in [0.25, 0.3) is 0 Å². The number of halogens is 1. The molecule has 0 saturated heterocycles. The number of nitrogens with zero attached hydrogens (tertiary/aromatic N) is 3. The van der Waals surface area contributed by atoms with E-state index in [2.05, 4.69) is 4.90 Å². The number of ether oxygens (including phenoxy) is 1. The first-order chi connectivity index (χ1) is 13.9. The fourth-order valence-electron chi connectivity index (χ4n) is 3.09. The number of thiazole rings is 1. The first kappa shape index (κ1) is 21.3. The molecule has 0 aliphatic rings. The zero-order valence-electron chi connectivity index (χ0n) is 17.0. The molecule has 0 atom stereocenters. The van der Waals surface area contributed by atoms with Crippen molar-refractivity contribution in [2.24, 2.45) is 0 Å². The second-order valence-electron chi connectivity index (χ2n) is 6.94. The molecule has 0 aliphatic carbocycles. The smallest absolute Gasteiger partial charge is 0.230 e. The third-order valence-electron chi connectivity index (χ3n) is 4.45. The number of benzene rings is 2. The van der Waals surface area contributed by atoms with Crippen LogP contribution in [0, 0.1) is 6.92 Å². The molecule has 3 aromatic rings. The van der Waals surface area contributed by atoms with Gasteiger partial charge in [0, 0.05) is 36.0 Å². The van der Waals surface area contributed by atoms with Crippen molar-refractivity contribution < 1.29 is 9.53 Å². The molecule has 152 valence electrons. The van der Waals surface area contributed by atoms with E-state index >= 15 is 0 Å². The highest BCUT2D eigenvalue weighted by Crippen LogP contribution is 2.30. The summed E-state index contributed by atoms with van der Waals surface area (Å²) >= 11 is 7.60. The molecule has 0 saturated carbocycles. The Balaban J connectivity index is 1.74. The molecule has 2 aromatic carbocycles. The van der Waals surface area contributed by atoms with Crippen LogP contribution in [0.3, 0.4) is 0 Å². The second-order valence-corrected chi connectivity index (χ2v) is 8.21. The molecule has 1 heterocycles. The summed E-state index contributed by atoms with van der Waals surface area (Å²) in [6.45, 7) is 4.89. The minimum Gasteiger partial charge on any atom is -0.496 e. The molecule has 5 nitrogen and oxygen atoms in total. The van der Waals surface area contributed by atoms with Crippen LogP contribution in [-0.2, 0) is 17.9 Å². The summed E-state index contributed by atoms with van der Waals surface area (Å²) in [5.74, 6) is 0.745. The van der Waals surface area contributed by atoms with Crippen LogP contribution in [0.4, 0.5) is 10.8 Å². The Morgan fingerprint density at radius 1 is 1.17 bits per heavy atom. The van der Waals surface area contributed by atoms with Gasteiger partial charge in [0.15, 0.2) is 5.13 Å². The number of rotatable bonds is 7. The van der Waals surface area contributed by atoms with Gasteiger partial charge in [0.05, 0.1) is 18.5 Å². The van der Waals surface area contributed by atoms with E-state index in [-0.39, 0.29) is 5.91 Å². The molecular formula is C22H24ClN3O2S. The molecule has 0 spiro atoms. The number of methoxy groups -OCH3 is 1. The fraction of sp³-hybridized carbons (Fsp3) is 0.273. The van der Waals surface area contributed by atoms with E-state index in [1.807, 2.05) is 61.8 Å². The number of hydrogen-bond donors (Lipinski definition) is 0. The molecule has 0 bridgehead atoms. The summed E-state index contributed by atoms with van der Waals surface area (Å²) in [6, 6.07) is 13.5. The Morgan fingerprint density at radius 2 is 1.90 bits per heavy atom. The zero-order chi connectivity index (χ0) is 21.0. The van der Waals surface area contributed by atoms with Crippen molar-refractivity contribution >= 4 is 39.7 Å². The summed E-state index contributed by atoms with van der Waals surface area (Å²) in [4.78, 5) is 20.7. The van der Waals surface area contributed by atoms with E-state index in [0.717, 1.165) is 28.3 Å². The molecule has 3 rings (SSSR count). The van der Waals surface area contributed by atoms with Gasteiger partial charge >= 0.3 is 0 Å². The maximum atomic E-state index is 12.3. The summed E-state index contributed by atoms with van der Waals surface area (Å²) in [5, 5.41) is 3.34. The van der Waals surface area contributed by atoms with Crippen molar-refractivity contribution in [1.29, 1.82) is 0 Å². The average molecular weight is 430 g/mol. The predicted molar refractivity (Wildman–Crippen MR) is 119 cm³/mol. The van der Waals surface area contributed by atoms with E-state index in [1.54, 1.807) is 18.9 Å². The second kappa shape index (κ2) is 9.39. The molecule has 1 aromatic heterocycles. The minimum atomic E-state index is -0.0632. The summed E-state index contributed by atoms with van der Waals surface area (Å²) in [6.07, 6.45) is 0. The van der Waals surface area contributed by atoms with E-state index in [9.17, 15) is 4.79 Å². The molecule has 1 amide bonds. The Hall–Kier alpha value is -2.41. The monoisotopic (exact) mass is 429 g/mol. The summed E-state index contributed by atoms with van der Waals surface area (Å²) in [5.41, 5.74) is 3.89. The van der Waals surface area contributed by atoms with Crippen molar-refractivity contribution in [3.8, 4) is 5.75 Å². The summed E-state index contributed by atoms with van der Waals surface area (Å²) in [7, 11) is 3.67. The largest absolute Gasteiger partial charge is 0.496 e. The number of amides is 1. The van der Waals surface area contributed by atoms with E-state index in [0.29, 0.717) is 23.2 Å². The fourth-order valence-corrected chi connectivity index (χ4v) is 4.16. The van der Waals surface area contributed by atoms with Gasteiger partial charge in [-0.1, -0.05) is 29.3 Å². The average Bonchev–Trinajstić information content (AvgIpc) is 3.11. The Labute approximate surface area is 180 Å². The SMILES string of the molecule is COc1ccc(Cl)cc1CN(C)Cc1csc(N(C(C)=O)c2ccc(C)cc2)n1. The van der Waals surface area contributed by atoms with Crippen molar-refractivity contribution in [3.63, 3.8) is 0 Å². The number of aromatic nitrogens is 1. The molecule has 0 aliphatic heterocycles. The Morgan fingerprint density at radius 3 is 2.55 bits per heavy atom. The maximum absolute atomic E-state index is 12.3. The molecule has 0 fully saturated rings. The van der Waals surface area contributed by atoms with E-state index < -0.39 is 0 Å². The number of carbonyl (C=O) groups is 1. The number of aryl methyl sites for hydroxylation is 1. The third kappa shape index (κ3) is 5.35. The first-order valence-electron chi connectivity index (χ1n) is 9.20. The highest BCUT2D eigenvalue weighted by molar-refractivity contribution is 7.14. The van der Waals surface area contributed by atoms with Gasteiger partial charge in [-0.05, 0) is 44.3 Å². The molecule has 0 unspecified atom stereocenters. The molecule has 0 radical (unpaired) electrons. The van der Waals surface area contributed by atoms with Crippen molar-refractivity contribution in [2.75, 3.05) is 19.1 Å². The van der Waals surface area contributed by atoms with Crippen LogP contribution in [0.5, 0.6) is 5.75 Å². The van der Waals surface area contributed by atoms with Crippen LogP contribution in [-0.4, -0.2) is 29.9 Å². The van der Waals surface area contributed by atoms with Crippen molar-refractivity contribution in [3.05, 3.63) is 69.7 Å². The van der Waals surface area contributed by atoms with Gasteiger partial charge in [0.25, 0.3) is 0 Å². The zero-order valence-corrected chi connectivity index (χ0v) is 18.5. The topological polar surface area (TPSA) is 45.7 Å².